The van der Waals surface area contributed by atoms with Crippen LogP contribution in [-0.4, -0.2) is 10.1 Å². The molecular formula is C13H10Br2FNO. The van der Waals surface area contributed by atoms with E-state index in [1.54, 1.807) is 12.3 Å². The lowest BCUT2D eigenvalue weighted by Gasteiger charge is -2.12. The fourth-order valence-corrected chi connectivity index (χ4v) is 2.35. The number of aromatic nitrogens is 1. The summed E-state index contributed by atoms with van der Waals surface area (Å²) in [5, 5.41) is 10.1. The average Bonchev–Trinajstić information content (AvgIpc) is 2.35. The maximum atomic E-state index is 13.1. The highest BCUT2D eigenvalue weighted by Crippen LogP contribution is 2.26. The van der Waals surface area contributed by atoms with Crippen molar-refractivity contribution in [3.05, 3.63) is 62.5 Å². The summed E-state index contributed by atoms with van der Waals surface area (Å²) in [6, 6.07) is 7.94. The first-order valence-corrected chi connectivity index (χ1v) is 6.88. The van der Waals surface area contributed by atoms with Crippen molar-refractivity contribution in [2.24, 2.45) is 0 Å². The Morgan fingerprint density at radius 1 is 1.22 bits per heavy atom. The number of benzene rings is 1. The van der Waals surface area contributed by atoms with Gasteiger partial charge in [0.1, 0.15) is 5.82 Å². The van der Waals surface area contributed by atoms with Gasteiger partial charge in [-0.15, -0.1) is 0 Å². The number of hydrogen-bond donors (Lipinski definition) is 1. The van der Waals surface area contributed by atoms with E-state index < -0.39 is 6.10 Å². The van der Waals surface area contributed by atoms with Crippen molar-refractivity contribution >= 4 is 31.9 Å². The molecule has 0 aliphatic carbocycles. The molecule has 1 N–H and O–H groups in total. The van der Waals surface area contributed by atoms with E-state index in [0.29, 0.717) is 16.5 Å². The van der Waals surface area contributed by atoms with Crippen LogP contribution in [-0.2, 0) is 6.42 Å². The van der Waals surface area contributed by atoms with E-state index in [1.165, 1.54) is 12.1 Å². The van der Waals surface area contributed by atoms with Gasteiger partial charge >= 0.3 is 0 Å². The summed E-state index contributed by atoms with van der Waals surface area (Å²) in [7, 11) is 0. The lowest BCUT2D eigenvalue weighted by atomic mass is 10.0. The van der Waals surface area contributed by atoms with E-state index in [0.717, 1.165) is 10.2 Å². The predicted octanol–water partition coefficient (Wildman–Crippen LogP) is 4.02. The number of halogens is 3. The molecule has 5 heteroatoms. The summed E-state index contributed by atoms with van der Waals surface area (Å²) < 4.78 is 14.7. The monoisotopic (exact) mass is 373 g/mol. The van der Waals surface area contributed by atoms with E-state index >= 15 is 0 Å². The summed E-state index contributed by atoms with van der Waals surface area (Å²) >= 11 is 6.60. The Bertz CT molecular complexity index is 545. The topological polar surface area (TPSA) is 33.1 Å². The molecule has 0 fully saturated rings. The van der Waals surface area contributed by atoms with Crippen LogP contribution < -0.4 is 0 Å². The molecule has 2 rings (SSSR count). The van der Waals surface area contributed by atoms with Gasteiger partial charge in [0.15, 0.2) is 0 Å². The molecule has 0 aliphatic heterocycles. The SMILES string of the molecule is OC(Cc1ccc(Br)cn1)c1cc(F)ccc1Br. The minimum absolute atomic E-state index is 0.343. The molecule has 0 bridgehead atoms. The smallest absolute Gasteiger partial charge is 0.123 e. The molecule has 0 aliphatic rings. The van der Waals surface area contributed by atoms with Crippen molar-refractivity contribution in [3.8, 4) is 0 Å². The Labute approximate surface area is 121 Å². The molecule has 1 aromatic heterocycles. The minimum atomic E-state index is -0.788. The molecule has 1 heterocycles. The number of nitrogens with zero attached hydrogens (tertiary/aromatic N) is 1. The van der Waals surface area contributed by atoms with E-state index in [9.17, 15) is 9.50 Å². The molecule has 0 radical (unpaired) electrons. The van der Waals surface area contributed by atoms with Gasteiger partial charge in [-0.3, -0.25) is 4.98 Å². The highest BCUT2D eigenvalue weighted by molar-refractivity contribution is 9.10. The van der Waals surface area contributed by atoms with Crippen LogP contribution in [0.4, 0.5) is 4.39 Å². The van der Waals surface area contributed by atoms with Crippen molar-refractivity contribution < 1.29 is 9.50 Å². The summed E-state index contributed by atoms with van der Waals surface area (Å²) in [5.41, 5.74) is 1.28. The highest BCUT2D eigenvalue weighted by Gasteiger charge is 2.13. The third-order valence-corrected chi connectivity index (χ3v) is 3.70. The Morgan fingerprint density at radius 2 is 2.00 bits per heavy atom. The molecule has 2 nitrogen and oxygen atoms in total. The minimum Gasteiger partial charge on any atom is -0.388 e. The van der Waals surface area contributed by atoms with Gasteiger partial charge in [-0.2, -0.15) is 0 Å². The molecule has 0 amide bonds. The second-order valence-corrected chi connectivity index (χ2v) is 5.62. The molecular weight excluding hydrogens is 365 g/mol. The van der Waals surface area contributed by atoms with Crippen molar-refractivity contribution in [1.29, 1.82) is 0 Å². The molecule has 1 aromatic carbocycles. The van der Waals surface area contributed by atoms with Gasteiger partial charge in [-0.25, -0.2) is 4.39 Å². The van der Waals surface area contributed by atoms with E-state index in [2.05, 4.69) is 36.8 Å². The third kappa shape index (κ3) is 3.37. The number of aliphatic hydroxyl groups is 1. The van der Waals surface area contributed by atoms with Crippen molar-refractivity contribution in [3.63, 3.8) is 0 Å². The van der Waals surface area contributed by atoms with Crippen LogP contribution in [0.1, 0.15) is 17.4 Å². The zero-order valence-electron chi connectivity index (χ0n) is 9.28. The first kappa shape index (κ1) is 13.6. The number of pyridine rings is 1. The van der Waals surface area contributed by atoms with Gasteiger partial charge in [0.25, 0.3) is 0 Å². The molecule has 2 aromatic rings. The summed E-state index contributed by atoms with van der Waals surface area (Å²) in [5.74, 6) is -0.365. The molecule has 0 saturated heterocycles. The molecule has 94 valence electrons. The second-order valence-electron chi connectivity index (χ2n) is 3.85. The van der Waals surface area contributed by atoms with Gasteiger partial charge in [0, 0.05) is 27.3 Å². The first-order chi connectivity index (χ1) is 8.56. The second kappa shape index (κ2) is 5.91. The summed E-state index contributed by atoms with van der Waals surface area (Å²) in [6.45, 7) is 0. The molecule has 1 atom stereocenters. The molecule has 1 unspecified atom stereocenters. The number of hydrogen-bond acceptors (Lipinski definition) is 2. The lowest BCUT2D eigenvalue weighted by Crippen LogP contribution is -2.04. The Balaban J connectivity index is 2.18. The maximum absolute atomic E-state index is 13.1. The van der Waals surface area contributed by atoms with Gasteiger partial charge in [-0.1, -0.05) is 15.9 Å². The number of rotatable bonds is 3. The standard InChI is InChI=1S/C13H10Br2FNO/c14-8-1-3-10(17-7-8)6-13(18)11-5-9(16)2-4-12(11)15/h1-5,7,13,18H,6H2. The Hall–Kier alpha value is -0.780. The number of aliphatic hydroxyl groups excluding tert-OH is 1. The quantitative estimate of drug-likeness (QED) is 0.880. The third-order valence-electron chi connectivity index (χ3n) is 2.51. The van der Waals surface area contributed by atoms with Crippen molar-refractivity contribution in [1.82, 2.24) is 4.98 Å². The summed E-state index contributed by atoms with van der Waals surface area (Å²) in [6.07, 6.45) is 1.22. The average molecular weight is 375 g/mol. The van der Waals surface area contributed by atoms with Crippen LogP contribution in [0.3, 0.4) is 0 Å². The fourth-order valence-electron chi connectivity index (χ4n) is 1.61. The molecule has 0 spiro atoms. The normalized spacial score (nSPS) is 12.4. The van der Waals surface area contributed by atoms with Gasteiger partial charge in [0.05, 0.1) is 6.10 Å². The zero-order valence-corrected chi connectivity index (χ0v) is 12.4. The van der Waals surface area contributed by atoms with E-state index in [1.807, 2.05) is 12.1 Å². The van der Waals surface area contributed by atoms with Crippen LogP contribution in [0.2, 0.25) is 0 Å². The molecule has 0 saturated carbocycles. The van der Waals surface area contributed by atoms with E-state index in [-0.39, 0.29) is 5.82 Å². The zero-order chi connectivity index (χ0) is 13.1. The van der Waals surface area contributed by atoms with Gasteiger partial charge in [0.2, 0.25) is 0 Å². The van der Waals surface area contributed by atoms with Crippen LogP contribution in [0.15, 0.2) is 45.5 Å². The largest absolute Gasteiger partial charge is 0.388 e. The van der Waals surface area contributed by atoms with Gasteiger partial charge in [-0.05, 0) is 51.8 Å². The maximum Gasteiger partial charge on any atom is 0.123 e. The van der Waals surface area contributed by atoms with E-state index in [4.69, 9.17) is 0 Å². The van der Waals surface area contributed by atoms with Crippen LogP contribution in [0, 0.1) is 5.82 Å². The first-order valence-electron chi connectivity index (χ1n) is 5.29. The lowest BCUT2D eigenvalue weighted by molar-refractivity contribution is 0.176. The van der Waals surface area contributed by atoms with Crippen LogP contribution in [0.5, 0.6) is 0 Å². The van der Waals surface area contributed by atoms with Crippen LogP contribution >= 0.6 is 31.9 Å². The fraction of sp³-hybridized carbons (Fsp3) is 0.154. The summed E-state index contributed by atoms with van der Waals surface area (Å²) in [4.78, 5) is 4.18. The predicted molar refractivity (Wildman–Crippen MR) is 74.7 cm³/mol. The molecule has 18 heavy (non-hydrogen) atoms. The van der Waals surface area contributed by atoms with Crippen molar-refractivity contribution in [2.45, 2.75) is 12.5 Å². The van der Waals surface area contributed by atoms with Crippen LogP contribution in [0.25, 0.3) is 0 Å². The Kier molecular flexibility index (Phi) is 4.48. The Morgan fingerprint density at radius 3 is 2.67 bits per heavy atom. The highest BCUT2D eigenvalue weighted by atomic mass is 79.9. The van der Waals surface area contributed by atoms with Gasteiger partial charge < -0.3 is 5.11 Å². The van der Waals surface area contributed by atoms with Crippen molar-refractivity contribution in [2.75, 3.05) is 0 Å².